The van der Waals surface area contributed by atoms with E-state index in [2.05, 4.69) is 16.9 Å². The zero-order valence-corrected chi connectivity index (χ0v) is 14.3. The molecule has 21 heavy (non-hydrogen) atoms. The van der Waals surface area contributed by atoms with Gasteiger partial charge in [-0.25, -0.2) is 4.98 Å². The molecule has 1 fully saturated rings. The lowest BCUT2D eigenvalue weighted by molar-refractivity contribution is 0.213. The summed E-state index contributed by atoms with van der Waals surface area (Å²) in [6.45, 7) is 1.52. The highest BCUT2D eigenvalue weighted by atomic mass is 35.5. The maximum Gasteiger partial charge on any atom is 0.236 e. The van der Waals surface area contributed by atoms with E-state index in [1.165, 1.54) is 12.8 Å². The zero-order valence-electron chi connectivity index (χ0n) is 11.9. The number of nitrogens with two attached hydrogens (primary N) is 1. The first kappa shape index (κ1) is 18.5. The molecule has 2 aromatic rings. The van der Waals surface area contributed by atoms with Gasteiger partial charge < -0.3 is 10.2 Å². The van der Waals surface area contributed by atoms with Gasteiger partial charge in [0, 0.05) is 19.1 Å². The Kier molecular flexibility index (Phi) is 7.16. The Balaban J connectivity index is 0.00000110. The fourth-order valence-corrected chi connectivity index (χ4v) is 3.13. The SMILES string of the molecule is CN(Cc1coc(-c2cccs2)n1)C(CN)C1CC1.Cl.Cl. The molecule has 0 saturated heterocycles. The molecule has 118 valence electrons. The molecule has 2 heterocycles. The van der Waals surface area contributed by atoms with Gasteiger partial charge in [0.25, 0.3) is 0 Å². The van der Waals surface area contributed by atoms with Gasteiger partial charge in [0.15, 0.2) is 0 Å². The minimum atomic E-state index is 0. The summed E-state index contributed by atoms with van der Waals surface area (Å²) < 4.78 is 5.54. The highest BCUT2D eigenvalue weighted by molar-refractivity contribution is 7.13. The molecule has 7 heteroatoms. The predicted molar refractivity (Wildman–Crippen MR) is 91.3 cm³/mol. The Morgan fingerprint density at radius 3 is 2.81 bits per heavy atom. The van der Waals surface area contributed by atoms with Crippen molar-refractivity contribution in [2.24, 2.45) is 11.7 Å². The van der Waals surface area contributed by atoms with Crippen LogP contribution in [-0.2, 0) is 6.54 Å². The van der Waals surface area contributed by atoms with Crippen LogP contribution in [0, 0.1) is 5.92 Å². The second-order valence-electron chi connectivity index (χ2n) is 5.18. The van der Waals surface area contributed by atoms with E-state index in [1.807, 2.05) is 17.5 Å². The quantitative estimate of drug-likeness (QED) is 0.867. The third kappa shape index (κ3) is 4.44. The topological polar surface area (TPSA) is 55.3 Å². The fourth-order valence-electron chi connectivity index (χ4n) is 2.48. The van der Waals surface area contributed by atoms with Crippen molar-refractivity contribution in [1.82, 2.24) is 9.88 Å². The van der Waals surface area contributed by atoms with Crippen molar-refractivity contribution in [3.63, 3.8) is 0 Å². The van der Waals surface area contributed by atoms with Crippen molar-refractivity contribution in [1.29, 1.82) is 0 Å². The van der Waals surface area contributed by atoms with Crippen molar-refractivity contribution in [3.05, 3.63) is 29.5 Å². The van der Waals surface area contributed by atoms with E-state index >= 15 is 0 Å². The van der Waals surface area contributed by atoms with Crippen molar-refractivity contribution in [2.75, 3.05) is 13.6 Å². The molecule has 0 bridgehead atoms. The molecule has 1 aliphatic carbocycles. The predicted octanol–water partition coefficient (Wildman–Crippen LogP) is 3.42. The van der Waals surface area contributed by atoms with Gasteiger partial charge in [-0.05, 0) is 37.3 Å². The summed E-state index contributed by atoms with van der Waals surface area (Å²) in [5.74, 6) is 1.49. The Hall–Kier alpha value is -0.590. The molecule has 0 aromatic carbocycles. The lowest BCUT2D eigenvalue weighted by Crippen LogP contribution is -2.39. The van der Waals surface area contributed by atoms with Crippen LogP contribution in [0.15, 0.2) is 28.2 Å². The molecule has 0 amide bonds. The van der Waals surface area contributed by atoms with E-state index in [9.17, 15) is 0 Å². The normalized spacial score (nSPS) is 15.4. The van der Waals surface area contributed by atoms with Crippen LogP contribution in [0.25, 0.3) is 10.8 Å². The molecular weight excluding hydrogens is 329 g/mol. The van der Waals surface area contributed by atoms with Crippen molar-refractivity contribution >= 4 is 36.2 Å². The second-order valence-corrected chi connectivity index (χ2v) is 6.12. The molecule has 2 N–H and O–H groups in total. The van der Waals surface area contributed by atoms with Gasteiger partial charge in [0.05, 0.1) is 10.6 Å². The Morgan fingerprint density at radius 2 is 2.24 bits per heavy atom. The molecule has 2 aromatic heterocycles. The third-order valence-corrected chi connectivity index (χ3v) is 4.53. The smallest absolute Gasteiger partial charge is 0.236 e. The summed E-state index contributed by atoms with van der Waals surface area (Å²) in [6, 6.07) is 4.51. The molecule has 0 aliphatic heterocycles. The molecule has 1 saturated carbocycles. The van der Waals surface area contributed by atoms with Crippen LogP contribution in [0.5, 0.6) is 0 Å². The number of oxazole rings is 1. The van der Waals surface area contributed by atoms with Gasteiger partial charge >= 0.3 is 0 Å². The summed E-state index contributed by atoms with van der Waals surface area (Å²) in [4.78, 5) is 7.93. The molecule has 1 atom stereocenters. The highest BCUT2D eigenvalue weighted by Gasteiger charge is 2.33. The lowest BCUT2D eigenvalue weighted by Gasteiger charge is -2.25. The van der Waals surface area contributed by atoms with Crippen LogP contribution in [0.3, 0.4) is 0 Å². The first-order valence-corrected chi connectivity index (χ1v) is 7.54. The summed E-state index contributed by atoms with van der Waals surface area (Å²) in [7, 11) is 2.12. The Bertz CT molecular complexity index is 528. The van der Waals surface area contributed by atoms with E-state index < -0.39 is 0 Å². The molecule has 1 aliphatic rings. The standard InChI is InChI=1S/C14H19N3OS.2ClH/c1-17(12(7-15)10-4-5-10)8-11-9-18-14(16-11)13-3-2-6-19-13;;/h2-3,6,9-10,12H,4-5,7-8,15H2,1H3;2*1H. The maximum atomic E-state index is 5.87. The van der Waals surface area contributed by atoms with E-state index in [-0.39, 0.29) is 24.8 Å². The minimum absolute atomic E-state index is 0. The van der Waals surface area contributed by atoms with E-state index in [0.717, 1.165) is 29.6 Å². The largest absolute Gasteiger partial charge is 0.444 e. The van der Waals surface area contributed by atoms with Crippen LogP contribution in [-0.4, -0.2) is 29.5 Å². The first-order chi connectivity index (χ1) is 9.28. The Morgan fingerprint density at radius 1 is 1.48 bits per heavy atom. The summed E-state index contributed by atoms with van der Waals surface area (Å²) >= 11 is 1.64. The number of halogens is 2. The van der Waals surface area contributed by atoms with Gasteiger partial charge in [0.2, 0.25) is 5.89 Å². The monoisotopic (exact) mass is 349 g/mol. The summed E-state index contributed by atoms with van der Waals surface area (Å²) in [5, 5.41) is 2.03. The maximum absolute atomic E-state index is 5.87. The minimum Gasteiger partial charge on any atom is -0.444 e. The molecule has 1 unspecified atom stereocenters. The number of aromatic nitrogens is 1. The fraction of sp³-hybridized carbons (Fsp3) is 0.500. The average Bonchev–Trinajstić information content (AvgIpc) is 2.93. The van der Waals surface area contributed by atoms with Crippen LogP contribution in [0.2, 0.25) is 0 Å². The first-order valence-electron chi connectivity index (χ1n) is 6.66. The van der Waals surface area contributed by atoms with Gasteiger partial charge in [-0.15, -0.1) is 36.2 Å². The van der Waals surface area contributed by atoms with Crippen molar-refractivity contribution in [3.8, 4) is 10.8 Å². The summed E-state index contributed by atoms with van der Waals surface area (Å²) in [5.41, 5.74) is 6.84. The molecule has 4 nitrogen and oxygen atoms in total. The van der Waals surface area contributed by atoms with Gasteiger partial charge in [-0.3, -0.25) is 4.90 Å². The molecule has 0 radical (unpaired) electrons. The molecule has 0 spiro atoms. The summed E-state index contributed by atoms with van der Waals surface area (Å²) in [6.07, 6.45) is 4.38. The molecule has 3 rings (SSSR count). The highest BCUT2D eigenvalue weighted by Crippen LogP contribution is 2.35. The average molecular weight is 350 g/mol. The number of thiophene rings is 1. The van der Waals surface area contributed by atoms with Gasteiger partial charge in [-0.2, -0.15) is 0 Å². The lowest BCUT2D eigenvalue weighted by atomic mass is 10.1. The molecular formula is C14H21Cl2N3OS. The second kappa shape index (κ2) is 8.15. The zero-order chi connectivity index (χ0) is 13.2. The van der Waals surface area contributed by atoms with Crippen molar-refractivity contribution < 1.29 is 4.42 Å². The van der Waals surface area contributed by atoms with Crippen LogP contribution in [0.4, 0.5) is 0 Å². The number of rotatable bonds is 6. The number of hydrogen-bond donors (Lipinski definition) is 1. The Labute approximate surface area is 141 Å². The van der Waals surface area contributed by atoms with Crippen LogP contribution in [0.1, 0.15) is 18.5 Å². The van der Waals surface area contributed by atoms with Crippen LogP contribution < -0.4 is 5.73 Å². The van der Waals surface area contributed by atoms with E-state index in [0.29, 0.717) is 11.9 Å². The number of nitrogens with zero attached hydrogens (tertiary/aromatic N) is 2. The van der Waals surface area contributed by atoms with E-state index in [1.54, 1.807) is 17.6 Å². The van der Waals surface area contributed by atoms with Gasteiger partial charge in [-0.1, -0.05) is 6.07 Å². The van der Waals surface area contributed by atoms with Crippen LogP contribution >= 0.6 is 36.2 Å². The number of likely N-dealkylation sites (N-methyl/N-ethyl adjacent to an activating group) is 1. The van der Waals surface area contributed by atoms with E-state index in [4.69, 9.17) is 10.2 Å². The van der Waals surface area contributed by atoms with Gasteiger partial charge in [0.1, 0.15) is 6.26 Å². The third-order valence-electron chi connectivity index (χ3n) is 3.67. The number of hydrogen-bond acceptors (Lipinski definition) is 5. The van der Waals surface area contributed by atoms with Crippen molar-refractivity contribution in [2.45, 2.75) is 25.4 Å².